The zero-order valence-electron chi connectivity index (χ0n) is 13.7. The van der Waals surface area contributed by atoms with Crippen LogP contribution in [-0.2, 0) is 14.4 Å². The van der Waals surface area contributed by atoms with Crippen molar-refractivity contribution in [1.29, 1.82) is 0 Å². The van der Waals surface area contributed by atoms with E-state index in [9.17, 15) is 19.5 Å². The molecule has 0 aromatic rings. The van der Waals surface area contributed by atoms with Crippen molar-refractivity contribution >= 4 is 17.9 Å². The number of hydrogen-bond acceptors (Lipinski definition) is 4. The van der Waals surface area contributed by atoms with Crippen LogP contribution in [-0.4, -0.2) is 58.8 Å². The van der Waals surface area contributed by atoms with Gasteiger partial charge in [-0.3, -0.25) is 0 Å². The topological polar surface area (TPSA) is 115 Å². The predicted molar refractivity (Wildman–Crippen MR) is 82.5 cm³/mol. The van der Waals surface area contributed by atoms with E-state index < -0.39 is 42.0 Å². The lowest BCUT2D eigenvalue weighted by molar-refractivity contribution is -0.909. The fraction of sp³-hybridized carbons (Fsp3) is 0.688. The van der Waals surface area contributed by atoms with Crippen LogP contribution >= 0.6 is 0 Å². The van der Waals surface area contributed by atoms with Crippen molar-refractivity contribution in [2.24, 2.45) is 0 Å². The lowest BCUT2D eigenvalue weighted by atomic mass is 10.1. The highest BCUT2D eigenvalue weighted by atomic mass is 16.4. The van der Waals surface area contributed by atoms with Gasteiger partial charge in [0.15, 0.2) is 13.1 Å². The number of unbranched alkanes of at least 4 members (excludes halogenated alkanes) is 4. The molecule has 2 N–H and O–H groups in total. The van der Waals surface area contributed by atoms with Gasteiger partial charge < -0.3 is 24.6 Å². The largest absolute Gasteiger partial charge is 0.544 e. The minimum atomic E-state index is -1.44. The Morgan fingerprint density at radius 2 is 1.43 bits per heavy atom. The minimum Gasteiger partial charge on any atom is -0.544 e. The van der Waals surface area contributed by atoms with Gasteiger partial charge in [-0.2, -0.15) is 0 Å². The third-order valence-electron chi connectivity index (χ3n) is 3.55. The molecular formula is C16H27NO6. The van der Waals surface area contributed by atoms with E-state index in [1.165, 1.54) is 6.42 Å². The summed E-state index contributed by atoms with van der Waals surface area (Å²) in [6.07, 6.45) is 9.65. The van der Waals surface area contributed by atoms with E-state index in [-0.39, 0.29) is 6.54 Å². The van der Waals surface area contributed by atoms with Crippen molar-refractivity contribution < 1.29 is 34.2 Å². The molecule has 0 aliphatic carbocycles. The van der Waals surface area contributed by atoms with Crippen molar-refractivity contribution in [3.8, 4) is 0 Å². The summed E-state index contributed by atoms with van der Waals surface area (Å²) in [4.78, 5) is 32.8. The molecular weight excluding hydrogens is 302 g/mol. The fourth-order valence-corrected chi connectivity index (χ4v) is 2.55. The molecule has 0 bridgehead atoms. The van der Waals surface area contributed by atoms with Gasteiger partial charge in [-0.05, 0) is 19.3 Å². The van der Waals surface area contributed by atoms with Crippen LogP contribution < -0.4 is 5.11 Å². The van der Waals surface area contributed by atoms with E-state index >= 15 is 0 Å². The molecule has 0 atom stereocenters. The number of carbonyl (C=O) groups is 3. The van der Waals surface area contributed by atoms with Gasteiger partial charge in [0.1, 0.15) is 6.54 Å². The Bertz CT molecular complexity index is 378. The van der Waals surface area contributed by atoms with Crippen LogP contribution in [0.15, 0.2) is 12.2 Å². The van der Waals surface area contributed by atoms with E-state index in [1.54, 1.807) is 0 Å². The summed E-state index contributed by atoms with van der Waals surface area (Å²) < 4.78 is -0.531. The van der Waals surface area contributed by atoms with E-state index in [0.717, 1.165) is 19.3 Å². The number of quaternary nitrogens is 1. The number of carboxylic acid groups (broad SMARTS) is 3. The van der Waals surface area contributed by atoms with Crippen molar-refractivity contribution in [1.82, 2.24) is 0 Å². The predicted octanol–water partition coefficient (Wildman–Crippen LogP) is 0.639. The van der Waals surface area contributed by atoms with Crippen LogP contribution in [0.2, 0.25) is 0 Å². The summed E-state index contributed by atoms with van der Waals surface area (Å²) in [5.41, 5.74) is 0. The molecule has 23 heavy (non-hydrogen) atoms. The minimum absolute atomic E-state index is 0.173. The second kappa shape index (κ2) is 11.6. The van der Waals surface area contributed by atoms with Crippen LogP contribution in [0.4, 0.5) is 0 Å². The molecule has 7 heteroatoms. The average molecular weight is 329 g/mol. The van der Waals surface area contributed by atoms with Gasteiger partial charge in [-0.25, -0.2) is 9.59 Å². The van der Waals surface area contributed by atoms with Gasteiger partial charge >= 0.3 is 11.9 Å². The Balaban J connectivity index is 4.57. The molecule has 132 valence electrons. The number of carboxylic acids is 3. The Morgan fingerprint density at radius 3 is 1.87 bits per heavy atom. The van der Waals surface area contributed by atoms with Crippen LogP contribution in [0.25, 0.3) is 0 Å². The van der Waals surface area contributed by atoms with E-state index in [4.69, 9.17) is 10.2 Å². The lowest BCUT2D eigenvalue weighted by Gasteiger charge is -2.36. The van der Waals surface area contributed by atoms with Gasteiger partial charge in [0.2, 0.25) is 0 Å². The number of hydrogen-bond donors (Lipinski definition) is 2. The maximum absolute atomic E-state index is 11.0. The molecule has 0 rings (SSSR count). The maximum Gasteiger partial charge on any atom is 0.359 e. The molecule has 0 aliphatic heterocycles. The van der Waals surface area contributed by atoms with Gasteiger partial charge in [0.05, 0.1) is 12.5 Å². The Kier molecular flexibility index (Phi) is 10.7. The first-order valence-electron chi connectivity index (χ1n) is 7.95. The Labute approximate surface area is 136 Å². The van der Waals surface area contributed by atoms with Gasteiger partial charge in [-0.1, -0.05) is 31.9 Å². The summed E-state index contributed by atoms with van der Waals surface area (Å²) in [7, 11) is 0. The number of nitrogens with zero attached hydrogens (tertiary/aromatic N) is 1. The van der Waals surface area contributed by atoms with Crippen LogP contribution in [0.3, 0.4) is 0 Å². The average Bonchev–Trinajstić information content (AvgIpc) is 2.39. The normalized spacial score (nSPS) is 11.7. The zero-order chi connectivity index (χ0) is 17.7. The highest BCUT2D eigenvalue weighted by molar-refractivity contribution is 5.72. The number of rotatable bonds is 14. The fourth-order valence-electron chi connectivity index (χ4n) is 2.55. The van der Waals surface area contributed by atoms with E-state index in [2.05, 4.69) is 13.0 Å². The third kappa shape index (κ3) is 11.3. The summed E-state index contributed by atoms with van der Waals surface area (Å²) >= 11 is 0. The zero-order valence-corrected chi connectivity index (χ0v) is 13.7. The first-order chi connectivity index (χ1) is 10.8. The molecule has 0 fully saturated rings. The summed E-state index contributed by atoms with van der Waals surface area (Å²) in [5, 5.41) is 28.8. The molecule has 0 unspecified atom stereocenters. The lowest BCUT2D eigenvalue weighted by Crippen LogP contribution is -2.59. The standard InChI is InChI=1S/C16H27NO6/c1-2-3-4-5-6-7-8-9-10-17(11-14(18)19,12-15(20)21)13-16(22)23/h6-7H,2-5,8-13H2,1H3,(H2-,18,19,20,21,22,23)/b7-6+. The van der Waals surface area contributed by atoms with Gasteiger partial charge in [0, 0.05) is 6.42 Å². The summed E-state index contributed by atoms with van der Waals surface area (Å²) in [6.45, 7) is 0.606. The third-order valence-corrected chi connectivity index (χ3v) is 3.55. The molecule has 0 saturated carbocycles. The number of carbonyl (C=O) groups excluding carboxylic acids is 1. The van der Waals surface area contributed by atoms with Crippen LogP contribution in [0, 0.1) is 0 Å². The molecule has 0 aliphatic rings. The summed E-state index contributed by atoms with van der Waals surface area (Å²) in [5.74, 6) is -3.88. The van der Waals surface area contributed by atoms with Gasteiger partial charge in [-0.15, -0.1) is 0 Å². The number of aliphatic carboxylic acids is 3. The van der Waals surface area contributed by atoms with Crippen LogP contribution in [0.5, 0.6) is 0 Å². The maximum atomic E-state index is 11.0. The summed E-state index contributed by atoms with van der Waals surface area (Å²) in [6, 6.07) is 0. The monoisotopic (exact) mass is 329 g/mol. The Hall–Kier alpha value is -1.89. The highest BCUT2D eigenvalue weighted by Gasteiger charge is 2.33. The molecule has 0 radical (unpaired) electrons. The van der Waals surface area contributed by atoms with E-state index in [1.807, 2.05) is 6.08 Å². The highest BCUT2D eigenvalue weighted by Crippen LogP contribution is 2.10. The van der Waals surface area contributed by atoms with Crippen molar-refractivity contribution in [2.45, 2.75) is 45.4 Å². The first-order valence-corrected chi connectivity index (χ1v) is 7.95. The molecule has 0 heterocycles. The smallest absolute Gasteiger partial charge is 0.359 e. The van der Waals surface area contributed by atoms with Crippen molar-refractivity contribution in [3.05, 3.63) is 12.2 Å². The van der Waals surface area contributed by atoms with Gasteiger partial charge in [0.25, 0.3) is 0 Å². The van der Waals surface area contributed by atoms with Crippen molar-refractivity contribution in [3.63, 3.8) is 0 Å². The second-order valence-corrected chi connectivity index (χ2v) is 5.81. The molecule has 0 spiro atoms. The molecule has 0 aromatic heterocycles. The SMILES string of the molecule is CCCCC/C=C/CCC[N+](CC(=O)[O-])(CC(=O)O)CC(=O)O. The quantitative estimate of drug-likeness (QED) is 0.274. The molecule has 0 saturated heterocycles. The Morgan fingerprint density at radius 1 is 0.913 bits per heavy atom. The molecule has 7 nitrogen and oxygen atoms in total. The van der Waals surface area contributed by atoms with Crippen LogP contribution in [0.1, 0.15) is 45.4 Å². The molecule has 0 aromatic carbocycles. The first kappa shape index (κ1) is 21.1. The van der Waals surface area contributed by atoms with Crippen molar-refractivity contribution in [2.75, 3.05) is 26.2 Å². The second-order valence-electron chi connectivity index (χ2n) is 5.81. The number of allylic oxidation sites excluding steroid dienone is 2. The van der Waals surface area contributed by atoms with E-state index in [0.29, 0.717) is 12.8 Å². The molecule has 0 amide bonds.